The molecule has 3 N–H and O–H groups in total. The summed E-state index contributed by atoms with van der Waals surface area (Å²) < 4.78 is 0. The molecule has 1 saturated carbocycles. The van der Waals surface area contributed by atoms with Crippen LogP contribution in [0, 0.1) is 0 Å². The van der Waals surface area contributed by atoms with Crippen molar-refractivity contribution in [3.63, 3.8) is 0 Å². The number of amidine groups is 1. The smallest absolute Gasteiger partial charge is 0.222 e. The normalized spacial score (nSPS) is 17.6. The summed E-state index contributed by atoms with van der Waals surface area (Å²) in [6.45, 7) is 2.22. The molecule has 0 atom stereocenters. The standard InChI is InChI=1S/C8H15N3O/c1-6(9)10-5-4-8(12)11-7-2-3-7/h7H,2-5H2,1H3,(H2,9,10)(H,11,12). The van der Waals surface area contributed by atoms with Crippen molar-refractivity contribution in [1.82, 2.24) is 5.32 Å². The second-order valence-electron chi connectivity index (χ2n) is 3.11. The van der Waals surface area contributed by atoms with Crippen LogP contribution in [0.5, 0.6) is 0 Å². The van der Waals surface area contributed by atoms with Crippen molar-refractivity contribution in [3.8, 4) is 0 Å². The highest BCUT2D eigenvalue weighted by Gasteiger charge is 2.22. The van der Waals surface area contributed by atoms with Gasteiger partial charge in [-0.3, -0.25) is 9.79 Å². The molecule has 0 aliphatic heterocycles. The minimum absolute atomic E-state index is 0.0856. The van der Waals surface area contributed by atoms with Crippen LogP contribution in [0.2, 0.25) is 0 Å². The third-order valence-electron chi connectivity index (χ3n) is 1.64. The van der Waals surface area contributed by atoms with Crippen molar-refractivity contribution in [2.45, 2.75) is 32.2 Å². The molecule has 0 unspecified atom stereocenters. The zero-order valence-corrected chi connectivity index (χ0v) is 7.34. The molecule has 0 heterocycles. The lowest BCUT2D eigenvalue weighted by Crippen LogP contribution is -2.25. The van der Waals surface area contributed by atoms with Crippen LogP contribution >= 0.6 is 0 Å². The molecule has 4 nitrogen and oxygen atoms in total. The number of nitrogens with two attached hydrogens (primary N) is 1. The molecule has 0 aromatic rings. The van der Waals surface area contributed by atoms with Gasteiger partial charge in [-0.2, -0.15) is 0 Å². The van der Waals surface area contributed by atoms with Gasteiger partial charge in [-0.05, 0) is 19.8 Å². The van der Waals surface area contributed by atoms with Crippen LogP contribution in [0.1, 0.15) is 26.2 Å². The van der Waals surface area contributed by atoms with Gasteiger partial charge >= 0.3 is 0 Å². The van der Waals surface area contributed by atoms with Crippen LogP contribution in [-0.2, 0) is 4.79 Å². The van der Waals surface area contributed by atoms with Gasteiger partial charge in [-0.25, -0.2) is 0 Å². The fourth-order valence-corrected chi connectivity index (χ4v) is 0.861. The van der Waals surface area contributed by atoms with Crippen LogP contribution in [-0.4, -0.2) is 24.3 Å². The number of rotatable bonds is 4. The molecular weight excluding hydrogens is 154 g/mol. The van der Waals surface area contributed by atoms with E-state index in [1.54, 1.807) is 6.92 Å². The third kappa shape index (κ3) is 3.95. The predicted octanol–water partition coefficient (Wildman–Crippen LogP) is 0.0322. The third-order valence-corrected chi connectivity index (χ3v) is 1.64. The summed E-state index contributed by atoms with van der Waals surface area (Å²) in [6, 6.07) is 0.445. The van der Waals surface area contributed by atoms with Crippen LogP contribution in [0.25, 0.3) is 0 Å². The average Bonchev–Trinajstić information content (AvgIpc) is 2.70. The van der Waals surface area contributed by atoms with Gasteiger partial charge in [0.2, 0.25) is 5.91 Å². The summed E-state index contributed by atoms with van der Waals surface area (Å²) in [7, 11) is 0. The fraction of sp³-hybridized carbons (Fsp3) is 0.750. The Morgan fingerprint density at radius 1 is 1.67 bits per heavy atom. The summed E-state index contributed by atoms with van der Waals surface area (Å²) in [6.07, 6.45) is 2.71. The molecule has 1 amide bonds. The number of hydrogen-bond acceptors (Lipinski definition) is 2. The quantitative estimate of drug-likeness (QED) is 0.460. The first-order chi connectivity index (χ1) is 5.68. The highest BCUT2D eigenvalue weighted by molar-refractivity contribution is 5.79. The number of carbonyl (C=O) groups is 1. The molecule has 0 aromatic carbocycles. The van der Waals surface area contributed by atoms with E-state index in [1.807, 2.05) is 0 Å². The maximum absolute atomic E-state index is 11.1. The Morgan fingerprint density at radius 2 is 2.33 bits per heavy atom. The minimum atomic E-state index is 0.0856. The maximum atomic E-state index is 11.1. The molecule has 1 aliphatic rings. The van der Waals surface area contributed by atoms with E-state index in [-0.39, 0.29) is 5.91 Å². The topological polar surface area (TPSA) is 67.5 Å². The van der Waals surface area contributed by atoms with Crippen molar-refractivity contribution in [2.24, 2.45) is 10.7 Å². The molecule has 1 rings (SSSR count). The zero-order chi connectivity index (χ0) is 8.97. The van der Waals surface area contributed by atoms with Crippen molar-refractivity contribution < 1.29 is 4.79 Å². The van der Waals surface area contributed by atoms with E-state index in [9.17, 15) is 4.79 Å². The Labute approximate surface area is 72.2 Å². The van der Waals surface area contributed by atoms with Gasteiger partial charge in [0.15, 0.2) is 0 Å². The highest BCUT2D eigenvalue weighted by Crippen LogP contribution is 2.18. The zero-order valence-electron chi connectivity index (χ0n) is 7.34. The number of carbonyl (C=O) groups excluding carboxylic acids is 1. The van der Waals surface area contributed by atoms with Crippen LogP contribution < -0.4 is 11.1 Å². The maximum Gasteiger partial charge on any atom is 0.222 e. The van der Waals surface area contributed by atoms with Gasteiger partial charge in [-0.15, -0.1) is 0 Å². The minimum Gasteiger partial charge on any atom is -0.388 e. The lowest BCUT2D eigenvalue weighted by Gasteiger charge is -2.00. The average molecular weight is 169 g/mol. The molecule has 0 saturated heterocycles. The monoisotopic (exact) mass is 169 g/mol. The van der Waals surface area contributed by atoms with Crippen LogP contribution in [0.3, 0.4) is 0 Å². The Hall–Kier alpha value is -1.06. The van der Waals surface area contributed by atoms with Crippen LogP contribution in [0.15, 0.2) is 4.99 Å². The molecule has 1 fully saturated rings. The molecule has 0 bridgehead atoms. The van der Waals surface area contributed by atoms with E-state index >= 15 is 0 Å². The number of hydrogen-bond donors (Lipinski definition) is 2. The lowest BCUT2D eigenvalue weighted by atomic mass is 10.4. The van der Waals surface area contributed by atoms with E-state index in [1.165, 1.54) is 0 Å². The summed E-state index contributed by atoms with van der Waals surface area (Å²) in [4.78, 5) is 15.0. The highest BCUT2D eigenvalue weighted by atomic mass is 16.1. The molecular formula is C8H15N3O. The molecule has 4 heteroatoms. The second-order valence-corrected chi connectivity index (χ2v) is 3.11. The molecule has 0 aromatic heterocycles. The SMILES string of the molecule is CC(N)=NCCC(=O)NC1CC1. The van der Waals surface area contributed by atoms with Crippen molar-refractivity contribution in [3.05, 3.63) is 0 Å². The predicted molar refractivity (Wildman–Crippen MR) is 47.9 cm³/mol. The van der Waals surface area contributed by atoms with Gasteiger partial charge in [0.05, 0.1) is 5.84 Å². The van der Waals surface area contributed by atoms with Gasteiger partial charge in [0.1, 0.15) is 0 Å². The van der Waals surface area contributed by atoms with Crippen molar-refractivity contribution >= 4 is 11.7 Å². The molecule has 68 valence electrons. The van der Waals surface area contributed by atoms with E-state index in [0.717, 1.165) is 12.8 Å². The Morgan fingerprint density at radius 3 is 2.83 bits per heavy atom. The Kier molecular flexibility index (Phi) is 3.08. The number of nitrogens with zero attached hydrogens (tertiary/aromatic N) is 1. The fourth-order valence-electron chi connectivity index (χ4n) is 0.861. The molecule has 0 radical (unpaired) electrons. The van der Waals surface area contributed by atoms with Gasteiger partial charge in [0, 0.05) is 19.0 Å². The number of nitrogens with one attached hydrogen (secondary N) is 1. The summed E-state index contributed by atoms with van der Waals surface area (Å²) in [5.74, 6) is 0.622. The van der Waals surface area contributed by atoms with Gasteiger partial charge in [0.25, 0.3) is 0 Å². The first kappa shape index (κ1) is 9.03. The summed E-state index contributed by atoms with van der Waals surface area (Å²) in [5, 5.41) is 2.88. The molecule has 12 heavy (non-hydrogen) atoms. The van der Waals surface area contributed by atoms with E-state index in [0.29, 0.717) is 24.8 Å². The van der Waals surface area contributed by atoms with E-state index in [4.69, 9.17) is 5.73 Å². The van der Waals surface area contributed by atoms with Crippen molar-refractivity contribution in [2.75, 3.05) is 6.54 Å². The number of amides is 1. The summed E-state index contributed by atoms with van der Waals surface area (Å²) in [5.41, 5.74) is 5.31. The Balaban J connectivity index is 2.05. The lowest BCUT2D eigenvalue weighted by molar-refractivity contribution is -0.121. The molecule has 0 spiro atoms. The van der Waals surface area contributed by atoms with Gasteiger partial charge < -0.3 is 11.1 Å². The van der Waals surface area contributed by atoms with Crippen molar-refractivity contribution in [1.29, 1.82) is 0 Å². The Bertz CT molecular complexity index is 192. The largest absolute Gasteiger partial charge is 0.388 e. The number of aliphatic imine (C=N–C) groups is 1. The van der Waals surface area contributed by atoms with Crippen LogP contribution in [0.4, 0.5) is 0 Å². The van der Waals surface area contributed by atoms with E-state index in [2.05, 4.69) is 10.3 Å². The first-order valence-electron chi connectivity index (χ1n) is 4.24. The first-order valence-corrected chi connectivity index (χ1v) is 4.24. The second kappa shape index (κ2) is 4.09. The summed E-state index contributed by atoms with van der Waals surface area (Å²) >= 11 is 0. The molecule has 1 aliphatic carbocycles. The van der Waals surface area contributed by atoms with Gasteiger partial charge in [-0.1, -0.05) is 0 Å². The van der Waals surface area contributed by atoms with E-state index < -0.39 is 0 Å².